The minimum absolute atomic E-state index is 0.373. The molecule has 1 aromatic heterocycles. The molecule has 1 atom stereocenters. The van der Waals surface area contributed by atoms with Gasteiger partial charge in [-0.25, -0.2) is 0 Å². The monoisotopic (exact) mass is 657 g/mol. The van der Waals surface area contributed by atoms with Gasteiger partial charge in [0.25, 0.3) is 0 Å². The first kappa shape index (κ1) is 28.8. The Hall–Kier alpha value is -4.65. The number of furan rings is 1. The molecule has 0 N–H and O–H groups in total. The summed E-state index contributed by atoms with van der Waals surface area (Å²) in [4.78, 5) is 5.47. The zero-order chi connectivity index (χ0) is 31.4. The van der Waals surface area contributed by atoms with Crippen LogP contribution >= 0.6 is 0 Å². The predicted molar refractivity (Wildman–Crippen MR) is 197 cm³/mol. The fourth-order valence-corrected chi connectivity index (χ4v) is 13.2. The topological polar surface area (TPSA) is 25.5 Å². The van der Waals surface area contributed by atoms with Crippen molar-refractivity contribution < 1.29 is 4.42 Å². The Balaban J connectivity index is 1.36. The Morgan fingerprint density at radius 3 is 1.85 bits per heavy atom. The van der Waals surface area contributed by atoms with E-state index in [0.29, 0.717) is 11.8 Å². The summed E-state index contributed by atoms with van der Waals surface area (Å²) in [5.41, 5.74) is 11.9. The van der Waals surface area contributed by atoms with Crippen molar-refractivity contribution >= 4 is 55.5 Å². The number of hydrogen-bond donors (Lipinski definition) is 0. The molecule has 0 spiro atoms. The van der Waals surface area contributed by atoms with Gasteiger partial charge in [0, 0.05) is 0 Å². The van der Waals surface area contributed by atoms with Crippen molar-refractivity contribution in [3.8, 4) is 22.3 Å². The first-order valence-corrected chi connectivity index (χ1v) is 19.0. The van der Waals surface area contributed by atoms with Crippen LogP contribution in [0.25, 0.3) is 44.2 Å². The average molecular weight is 658 g/mol. The van der Waals surface area contributed by atoms with Gasteiger partial charge in [0.15, 0.2) is 0 Å². The van der Waals surface area contributed by atoms with E-state index in [1.165, 1.54) is 41.0 Å². The third kappa shape index (κ3) is 4.84. The molecule has 6 aromatic carbocycles. The SMILES string of the molecule is CC(C)c1cc(-c2ccccc2)cc(C(C)C)c1[As]1C(c2cccc3c2oc2cc(-c4ccccc4)ccc23)=Nc2ccccc21. The number of nitrogens with zero attached hydrogens (tertiary/aromatic N) is 1. The molecule has 2 heterocycles. The quantitative estimate of drug-likeness (QED) is 0.163. The number of para-hydroxylation sites is 2. The van der Waals surface area contributed by atoms with Crippen molar-refractivity contribution in [3.05, 3.63) is 150 Å². The second kappa shape index (κ2) is 11.6. The van der Waals surface area contributed by atoms with Crippen molar-refractivity contribution in [2.45, 2.75) is 39.5 Å². The summed E-state index contributed by atoms with van der Waals surface area (Å²) in [7, 11) is 0. The summed E-state index contributed by atoms with van der Waals surface area (Å²) in [6.07, 6.45) is 0. The van der Waals surface area contributed by atoms with E-state index in [2.05, 4.69) is 161 Å². The van der Waals surface area contributed by atoms with Gasteiger partial charge >= 0.3 is 277 Å². The number of aliphatic imine (C=N–C) groups is 1. The molecule has 7 aromatic rings. The van der Waals surface area contributed by atoms with Gasteiger partial charge in [-0.2, -0.15) is 0 Å². The second-order valence-electron chi connectivity index (χ2n) is 12.8. The van der Waals surface area contributed by atoms with Crippen LogP contribution < -0.4 is 8.70 Å². The van der Waals surface area contributed by atoms with E-state index in [0.717, 1.165) is 38.8 Å². The summed E-state index contributed by atoms with van der Waals surface area (Å²) >= 11 is -2.11. The molecule has 0 saturated carbocycles. The van der Waals surface area contributed by atoms with Gasteiger partial charge in [-0.05, 0) is 0 Å². The third-order valence-corrected chi connectivity index (χ3v) is 14.6. The van der Waals surface area contributed by atoms with Crippen molar-refractivity contribution in [1.82, 2.24) is 0 Å². The standard InChI is InChI=1S/C43H36AsNO/c1-27(2)36-24-32(30-16-9-6-10-17-30)25-37(28(3)4)41(36)44-38-20-11-12-21-39(38)45-43(44)35-19-13-18-34-33-23-22-31(26-40(33)46-42(34)35)29-14-7-5-8-15-29/h5-28H,1-4H3. The molecule has 1 aliphatic rings. The van der Waals surface area contributed by atoms with Crippen LogP contribution in [0.4, 0.5) is 5.69 Å². The van der Waals surface area contributed by atoms with E-state index < -0.39 is 14.7 Å². The molecular weight excluding hydrogens is 621 g/mol. The second-order valence-corrected chi connectivity index (χ2v) is 17.0. The first-order chi connectivity index (χ1) is 22.5. The molecular formula is C43H36AsNO. The number of rotatable bonds is 6. The predicted octanol–water partition coefficient (Wildman–Crippen LogP) is 10.4. The van der Waals surface area contributed by atoms with E-state index in [-0.39, 0.29) is 0 Å². The Morgan fingerprint density at radius 2 is 1.17 bits per heavy atom. The van der Waals surface area contributed by atoms with Crippen molar-refractivity contribution in [2.24, 2.45) is 4.99 Å². The van der Waals surface area contributed by atoms with Crippen LogP contribution in [0.3, 0.4) is 0 Å². The van der Waals surface area contributed by atoms with Crippen LogP contribution in [0, 0.1) is 0 Å². The third-order valence-electron chi connectivity index (χ3n) is 9.15. The maximum absolute atomic E-state index is 6.82. The van der Waals surface area contributed by atoms with Crippen molar-refractivity contribution in [3.63, 3.8) is 0 Å². The average Bonchev–Trinajstić information content (AvgIpc) is 3.66. The molecule has 46 heavy (non-hydrogen) atoms. The fraction of sp³-hybridized carbons (Fsp3) is 0.140. The molecule has 0 saturated heterocycles. The van der Waals surface area contributed by atoms with E-state index in [4.69, 9.17) is 9.41 Å². The Labute approximate surface area is 275 Å². The summed E-state index contributed by atoms with van der Waals surface area (Å²) in [5, 5.41) is 2.29. The van der Waals surface area contributed by atoms with Crippen LogP contribution in [0.2, 0.25) is 0 Å². The van der Waals surface area contributed by atoms with E-state index in [1.54, 1.807) is 0 Å². The normalized spacial score (nSPS) is 14.4. The molecule has 0 radical (unpaired) electrons. The zero-order valence-electron chi connectivity index (χ0n) is 26.7. The molecule has 0 aliphatic carbocycles. The van der Waals surface area contributed by atoms with Gasteiger partial charge in [0.1, 0.15) is 0 Å². The van der Waals surface area contributed by atoms with Crippen LogP contribution in [-0.4, -0.2) is 19.2 Å². The van der Waals surface area contributed by atoms with Gasteiger partial charge in [-0.15, -0.1) is 0 Å². The van der Waals surface area contributed by atoms with Gasteiger partial charge in [-0.3, -0.25) is 0 Å². The number of benzene rings is 6. The molecule has 8 rings (SSSR count). The Bertz CT molecular complexity index is 2230. The van der Waals surface area contributed by atoms with Crippen LogP contribution in [-0.2, 0) is 0 Å². The van der Waals surface area contributed by atoms with Crippen LogP contribution in [0.15, 0.2) is 143 Å². The molecule has 2 nitrogen and oxygen atoms in total. The van der Waals surface area contributed by atoms with Gasteiger partial charge in [0.2, 0.25) is 0 Å². The summed E-state index contributed by atoms with van der Waals surface area (Å²) in [5.74, 6) is 0.746. The van der Waals surface area contributed by atoms with Gasteiger partial charge < -0.3 is 0 Å². The zero-order valence-corrected chi connectivity index (χ0v) is 28.5. The number of fused-ring (bicyclic) bond motifs is 4. The Kier molecular flexibility index (Phi) is 7.27. The van der Waals surface area contributed by atoms with E-state index >= 15 is 0 Å². The fourth-order valence-electron chi connectivity index (χ4n) is 6.83. The summed E-state index contributed by atoms with van der Waals surface area (Å²) in [6.45, 7) is 9.37. The summed E-state index contributed by atoms with van der Waals surface area (Å²) in [6, 6.07) is 48.3. The molecule has 3 heteroatoms. The van der Waals surface area contributed by atoms with Gasteiger partial charge in [0.05, 0.1) is 0 Å². The summed E-state index contributed by atoms with van der Waals surface area (Å²) < 4.78 is 11.0. The van der Waals surface area contributed by atoms with Crippen LogP contribution in [0.5, 0.6) is 0 Å². The van der Waals surface area contributed by atoms with Gasteiger partial charge in [-0.1, -0.05) is 0 Å². The molecule has 1 aliphatic heterocycles. The van der Waals surface area contributed by atoms with Crippen molar-refractivity contribution in [2.75, 3.05) is 0 Å². The number of hydrogen-bond acceptors (Lipinski definition) is 2. The molecule has 224 valence electrons. The molecule has 1 unspecified atom stereocenters. The van der Waals surface area contributed by atoms with Crippen LogP contribution in [0.1, 0.15) is 56.2 Å². The Morgan fingerprint density at radius 1 is 0.543 bits per heavy atom. The van der Waals surface area contributed by atoms with E-state index in [1.807, 2.05) is 0 Å². The van der Waals surface area contributed by atoms with E-state index in [9.17, 15) is 0 Å². The molecule has 0 amide bonds. The molecule has 0 fully saturated rings. The maximum atomic E-state index is 6.82. The molecule has 0 bridgehead atoms. The minimum atomic E-state index is -2.11. The first-order valence-electron chi connectivity index (χ1n) is 16.2. The van der Waals surface area contributed by atoms with Crippen molar-refractivity contribution in [1.29, 1.82) is 0 Å².